The van der Waals surface area contributed by atoms with E-state index < -0.39 is 0 Å². The average Bonchev–Trinajstić information content (AvgIpc) is 2.78. The predicted molar refractivity (Wildman–Crippen MR) is 136 cm³/mol. The Kier molecular flexibility index (Phi) is 16.8. The summed E-state index contributed by atoms with van der Waals surface area (Å²) in [5.41, 5.74) is 2.67. The second-order valence-corrected chi connectivity index (χ2v) is 8.56. The lowest BCUT2D eigenvalue weighted by molar-refractivity contribution is 0.0861. The number of hydrogen-bond acceptors (Lipinski definition) is 3. The van der Waals surface area contributed by atoms with Crippen LogP contribution in [0.5, 0.6) is 0 Å². The number of ether oxygens (including phenoxy) is 1. The van der Waals surface area contributed by atoms with Gasteiger partial charge in [0, 0.05) is 6.04 Å². The lowest BCUT2D eigenvalue weighted by atomic mass is 10.1. The van der Waals surface area contributed by atoms with Gasteiger partial charge in [-0.3, -0.25) is 0 Å². The van der Waals surface area contributed by atoms with E-state index in [0.29, 0.717) is 18.6 Å². The van der Waals surface area contributed by atoms with Crippen LogP contribution in [-0.4, -0.2) is 32.3 Å². The fourth-order valence-corrected chi connectivity index (χ4v) is 3.21. The molecule has 2 N–H and O–H groups in total. The first-order valence-electron chi connectivity index (χ1n) is 12.3. The molecule has 0 heterocycles. The van der Waals surface area contributed by atoms with Crippen LogP contribution in [0.2, 0.25) is 0 Å². The van der Waals surface area contributed by atoms with Crippen LogP contribution in [0.15, 0.2) is 60.7 Å². The van der Waals surface area contributed by atoms with E-state index in [4.69, 9.17) is 4.74 Å². The number of aryl methyl sites for hydroxylation is 1. The Morgan fingerprint density at radius 1 is 0.742 bits per heavy atom. The number of unbranched alkanes of at least 4 members (excludes halogenated alkanes) is 1. The SMILES string of the molecule is CC(C)C(COCc1ccccc1)NCCCCNCCCc1ccccc1.CCC. The molecular weight excluding hydrogens is 380 g/mol. The van der Waals surface area contributed by atoms with Gasteiger partial charge in [0.15, 0.2) is 0 Å². The summed E-state index contributed by atoms with van der Waals surface area (Å²) in [6, 6.07) is 21.5. The largest absolute Gasteiger partial charge is 0.375 e. The minimum atomic E-state index is 0.419. The Balaban J connectivity index is 0.00000151. The van der Waals surface area contributed by atoms with Gasteiger partial charge >= 0.3 is 0 Å². The smallest absolute Gasteiger partial charge is 0.0717 e. The Bertz CT molecular complexity index is 615. The van der Waals surface area contributed by atoms with Gasteiger partial charge in [-0.2, -0.15) is 0 Å². The molecule has 2 aromatic rings. The van der Waals surface area contributed by atoms with Gasteiger partial charge in [0.05, 0.1) is 13.2 Å². The van der Waals surface area contributed by atoms with E-state index in [1.807, 2.05) is 6.07 Å². The second kappa shape index (κ2) is 19.0. The zero-order chi connectivity index (χ0) is 22.6. The van der Waals surface area contributed by atoms with Gasteiger partial charge < -0.3 is 15.4 Å². The first kappa shape index (κ1) is 27.4. The third-order valence-corrected chi connectivity index (χ3v) is 5.06. The minimum Gasteiger partial charge on any atom is -0.375 e. The molecule has 0 bridgehead atoms. The Morgan fingerprint density at radius 2 is 1.29 bits per heavy atom. The van der Waals surface area contributed by atoms with Crippen LogP contribution >= 0.6 is 0 Å². The van der Waals surface area contributed by atoms with Crippen LogP contribution in [0.4, 0.5) is 0 Å². The predicted octanol–water partition coefficient (Wildman–Crippen LogP) is 6.24. The van der Waals surface area contributed by atoms with Crippen LogP contribution in [-0.2, 0) is 17.8 Å². The summed E-state index contributed by atoms with van der Waals surface area (Å²) in [6.07, 6.45) is 6.03. The zero-order valence-electron chi connectivity index (χ0n) is 20.4. The van der Waals surface area contributed by atoms with E-state index in [1.54, 1.807) is 0 Å². The molecule has 2 rings (SSSR count). The first-order valence-corrected chi connectivity index (χ1v) is 12.3. The third-order valence-electron chi connectivity index (χ3n) is 5.06. The Labute approximate surface area is 192 Å². The van der Waals surface area contributed by atoms with Crippen LogP contribution in [0, 0.1) is 5.92 Å². The molecule has 0 aliphatic rings. The normalized spacial score (nSPS) is 11.8. The summed E-state index contributed by atoms with van der Waals surface area (Å²) in [7, 11) is 0. The van der Waals surface area contributed by atoms with Gasteiger partial charge in [0.2, 0.25) is 0 Å². The van der Waals surface area contributed by atoms with E-state index in [9.17, 15) is 0 Å². The number of nitrogens with one attached hydrogen (secondary N) is 2. The molecule has 2 aromatic carbocycles. The van der Waals surface area contributed by atoms with Crippen molar-refractivity contribution in [2.45, 2.75) is 72.4 Å². The Morgan fingerprint density at radius 3 is 1.90 bits per heavy atom. The molecule has 31 heavy (non-hydrogen) atoms. The number of rotatable bonds is 15. The summed E-state index contributed by atoms with van der Waals surface area (Å²) in [5, 5.41) is 7.24. The van der Waals surface area contributed by atoms with Crippen molar-refractivity contribution in [3.8, 4) is 0 Å². The van der Waals surface area contributed by atoms with Crippen LogP contribution in [0.1, 0.15) is 64.5 Å². The van der Waals surface area contributed by atoms with Crippen LogP contribution in [0.25, 0.3) is 0 Å². The molecule has 0 aliphatic carbocycles. The highest BCUT2D eigenvalue weighted by Gasteiger charge is 2.12. The maximum atomic E-state index is 5.93. The van der Waals surface area contributed by atoms with Crippen molar-refractivity contribution in [1.82, 2.24) is 10.6 Å². The summed E-state index contributed by atoms with van der Waals surface area (Å²) >= 11 is 0. The van der Waals surface area contributed by atoms with Gasteiger partial charge in [0.25, 0.3) is 0 Å². The molecule has 174 valence electrons. The van der Waals surface area contributed by atoms with E-state index in [0.717, 1.165) is 32.7 Å². The number of benzene rings is 2. The van der Waals surface area contributed by atoms with Gasteiger partial charge in [-0.15, -0.1) is 0 Å². The average molecular weight is 427 g/mol. The van der Waals surface area contributed by atoms with Gasteiger partial charge in [0.1, 0.15) is 0 Å². The summed E-state index contributed by atoms with van der Waals surface area (Å²) in [5.74, 6) is 0.576. The first-order chi connectivity index (χ1) is 15.2. The molecule has 3 heteroatoms. The summed E-state index contributed by atoms with van der Waals surface area (Å²) < 4.78 is 5.93. The van der Waals surface area contributed by atoms with Crippen molar-refractivity contribution in [2.75, 3.05) is 26.2 Å². The van der Waals surface area contributed by atoms with E-state index in [-0.39, 0.29) is 0 Å². The fraction of sp³-hybridized carbons (Fsp3) is 0.571. The van der Waals surface area contributed by atoms with Gasteiger partial charge in [-0.05, 0) is 62.4 Å². The quantitative estimate of drug-likeness (QED) is 0.331. The highest BCUT2D eigenvalue weighted by molar-refractivity contribution is 5.14. The van der Waals surface area contributed by atoms with Crippen molar-refractivity contribution >= 4 is 0 Å². The van der Waals surface area contributed by atoms with Crippen molar-refractivity contribution in [2.24, 2.45) is 5.92 Å². The minimum absolute atomic E-state index is 0.419. The van der Waals surface area contributed by atoms with Crippen LogP contribution in [0.3, 0.4) is 0 Å². The maximum Gasteiger partial charge on any atom is 0.0717 e. The fourth-order valence-electron chi connectivity index (χ4n) is 3.21. The Hall–Kier alpha value is -1.68. The van der Waals surface area contributed by atoms with E-state index in [2.05, 4.69) is 92.9 Å². The van der Waals surface area contributed by atoms with Crippen molar-refractivity contribution in [3.05, 3.63) is 71.8 Å². The molecule has 0 aliphatic heterocycles. The van der Waals surface area contributed by atoms with Crippen molar-refractivity contribution in [3.63, 3.8) is 0 Å². The molecule has 0 spiro atoms. The molecule has 0 aromatic heterocycles. The van der Waals surface area contributed by atoms with Crippen molar-refractivity contribution in [1.29, 1.82) is 0 Å². The third kappa shape index (κ3) is 14.9. The molecule has 0 saturated carbocycles. The zero-order valence-corrected chi connectivity index (χ0v) is 20.4. The summed E-state index contributed by atoms with van der Waals surface area (Å²) in [4.78, 5) is 0. The van der Waals surface area contributed by atoms with Crippen LogP contribution < -0.4 is 10.6 Å². The van der Waals surface area contributed by atoms with Crippen molar-refractivity contribution < 1.29 is 4.74 Å². The topological polar surface area (TPSA) is 33.3 Å². The summed E-state index contributed by atoms with van der Waals surface area (Å²) in [6.45, 7) is 13.5. The molecular formula is C28H46N2O. The monoisotopic (exact) mass is 426 g/mol. The highest BCUT2D eigenvalue weighted by atomic mass is 16.5. The maximum absolute atomic E-state index is 5.93. The second-order valence-electron chi connectivity index (χ2n) is 8.56. The molecule has 0 radical (unpaired) electrons. The van der Waals surface area contributed by atoms with Gasteiger partial charge in [-0.25, -0.2) is 0 Å². The molecule has 0 amide bonds. The van der Waals surface area contributed by atoms with E-state index in [1.165, 1.54) is 36.8 Å². The molecule has 1 atom stereocenters. The number of hydrogen-bond donors (Lipinski definition) is 2. The van der Waals surface area contributed by atoms with E-state index >= 15 is 0 Å². The molecule has 0 fully saturated rings. The molecule has 1 unspecified atom stereocenters. The highest BCUT2D eigenvalue weighted by Crippen LogP contribution is 2.06. The lowest BCUT2D eigenvalue weighted by Crippen LogP contribution is -2.38. The van der Waals surface area contributed by atoms with Gasteiger partial charge in [-0.1, -0.05) is 94.8 Å². The standard InChI is InChI=1S/C25H38N2O.C3H8/c1-22(2)25(21-28-20-24-14-7-4-8-15-24)27-19-10-9-17-26-18-11-16-23-12-5-3-6-13-23;1-3-2/h3-8,12-15,22,25-27H,9-11,16-21H2,1-2H3;3H2,1-2H3. The molecule has 0 saturated heterocycles. The molecule has 3 nitrogen and oxygen atoms in total. The lowest BCUT2D eigenvalue weighted by Gasteiger charge is -2.22.